The number of hydrogen-bond acceptors (Lipinski definition) is 3. The van der Waals surface area contributed by atoms with Gasteiger partial charge >= 0.3 is 0 Å². The Labute approximate surface area is 121 Å². The lowest BCUT2D eigenvalue weighted by atomic mass is 10.1. The van der Waals surface area contributed by atoms with Gasteiger partial charge in [-0.25, -0.2) is 17.5 Å². The average Bonchev–Trinajstić information content (AvgIpc) is 2.30. The highest BCUT2D eigenvalue weighted by molar-refractivity contribution is 9.10. The first-order chi connectivity index (χ1) is 8.76. The molecule has 0 amide bonds. The molecule has 1 aromatic carbocycles. The average molecular weight is 354 g/mol. The molecule has 19 heavy (non-hydrogen) atoms. The predicted molar refractivity (Wildman–Crippen MR) is 74.8 cm³/mol. The molecule has 4 nitrogen and oxygen atoms in total. The SMILES string of the molecule is CC(C)CC(CO)NS(=O)(=O)c1ccc(Br)c(F)c1. The first kappa shape index (κ1) is 16.6. The van der Waals surface area contributed by atoms with Gasteiger partial charge in [-0.3, -0.25) is 0 Å². The highest BCUT2D eigenvalue weighted by Gasteiger charge is 2.21. The molecule has 1 aromatic rings. The Kier molecular flexibility index (Phi) is 5.91. The van der Waals surface area contributed by atoms with Crippen LogP contribution in [0.5, 0.6) is 0 Å². The van der Waals surface area contributed by atoms with Crippen molar-refractivity contribution in [1.29, 1.82) is 0 Å². The summed E-state index contributed by atoms with van der Waals surface area (Å²) in [4.78, 5) is -0.157. The molecule has 0 bridgehead atoms. The smallest absolute Gasteiger partial charge is 0.241 e. The van der Waals surface area contributed by atoms with Crippen LogP contribution in [0.25, 0.3) is 0 Å². The van der Waals surface area contributed by atoms with E-state index in [4.69, 9.17) is 0 Å². The Morgan fingerprint density at radius 2 is 2.05 bits per heavy atom. The summed E-state index contributed by atoms with van der Waals surface area (Å²) >= 11 is 2.96. The maximum atomic E-state index is 13.4. The van der Waals surface area contributed by atoms with E-state index >= 15 is 0 Å². The van der Waals surface area contributed by atoms with Crippen LogP contribution in [0.1, 0.15) is 20.3 Å². The summed E-state index contributed by atoms with van der Waals surface area (Å²) in [6.45, 7) is 3.56. The number of aliphatic hydroxyl groups excluding tert-OH is 1. The van der Waals surface area contributed by atoms with Crippen LogP contribution >= 0.6 is 15.9 Å². The van der Waals surface area contributed by atoms with Crippen molar-refractivity contribution in [2.45, 2.75) is 31.2 Å². The number of rotatable bonds is 6. The van der Waals surface area contributed by atoms with E-state index in [1.54, 1.807) is 0 Å². The van der Waals surface area contributed by atoms with E-state index in [0.29, 0.717) is 6.42 Å². The van der Waals surface area contributed by atoms with E-state index in [0.717, 1.165) is 6.07 Å². The first-order valence-electron chi connectivity index (χ1n) is 5.84. The third kappa shape index (κ3) is 4.83. The van der Waals surface area contributed by atoms with Crippen molar-refractivity contribution in [2.24, 2.45) is 5.92 Å². The highest BCUT2D eigenvalue weighted by atomic mass is 79.9. The van der Waals surface area contributed by atoms with Crippen molar-refractivity contribution in [2.75, 3.05) is 6.61 Å². The molecule has 2 N–H and O–H groups in total. The standard InChI is InChI=1S/C12H17BrFNO3S/c1-8(2)5-9(7-16)15-19(17,18)10-3-4-11(13)12(14)6-10/h3-4,6,8-9,15-16H,5,7H2,1-2H3. The lowest BCUT2D eigenvalue weighted by molar-refractivity contribution is 0.240. The van der Waals surface area contributed by atoms with E-state index in [1.165, 1.54) is 12.1 Å². The molecule has 108 valence electrons. The summed E-state index contributed by atoms with van der Waals surface area (Å²) in [6, 6.07) is 3.01. The Balaban J connectivity index is 2.93. The van der Waals surface area contributed by atoms with Gasteiger partial charge in [0.05, 0.1) is 16.0 Å². The quantitative estimate of drug-likeness (QED) is 0.824. The van der Waals surface area contributed by atoms with Gasteiger partial charge in [0.2, 0.25) is 10.0 Å². The zero-order valence-corrected chi connectivity index (χ0v) is 13.1. The number of benzene rings is 1. The van der Waals surface area contributed by atoms with Gasteiger partial charge in [0.15, 0.2) is 0 Å². The van der Waals surface area contributed by atoms with Crippen LogP contribution in [0, 0.1) is 11.7 Å². The highest BCUT2D eigenvalue weighted by Crippen LogP contribution is 2.20. The number of sulfonamides is 1. The van der Waals surface area contributed by atoms with E-state index in [9.17, 15) is 17.9 Å². The molecular weight excluding hydrogens is 337 g/mol. The van der Waals surface area contributed by atoms with Crippen LogP contribution in [-0.4, -0.2) is 26.2 Å². The van der Waals surface area contributed by atoms with Gasteiger partial charge in [-0.05, 0) is 46.5 Å². The molecule has 0 spiro atoms. The van der Waals surface area contributed by atoms with Crippen molar-refractivity contribution in [1.82, 2.24) is 4.72 Å². The summed E-state index contributed by atoms with van der Waals surface area (Å²) < 4.78 is 40.0. The zero-order valence-electron chi connectivity index (χ0n) is 10.7. The van der Waals surface area contributed by atoms with Gasteiger partial charge in [-0.1, -0.05) is 13.8 Å². The summed E-state index contributed by atoms with van der Waals surface area (Å²) in [7, 11) is -3.83. The lowest BCUT2D eigenvalue weighted by Crippen LogP contribution is -2.38. The van der Waals surface area contributed by atoms with Crippen LogP contribution in [0.4, 0.5) is 4.39 Å². The van der Waals surface area contributed by atoms with Gasteiger partial charge in [0, 0.05) is 6.04 Å². The molecule has 1 unspecified atom stereocenters. The monoisotopic (exact) mass is 353 g/mol. The Morgan fingerprint density at radius 1 is 1.42 bits per heavy atom. The second-order valence-corrected chi connectivity index (χ2v) is 7.27. The number of halogens is 2. The van der Waals surface area contributed by atoms with Crippen molar-refractivity contribution in [3.05, 3.63) is 28.5 Å². The molecule has 1 atom stereocenters. The van der Waals surface area contributed by atoms with Crippen molar-refractivity contribution in [3.63, 3.8) is 0 Å². The Hall–Kier alpha value is -0.500. The Morgan fingerprint density at radius 3 is 2.53 bits per heavy atom. The molecular formula is C12H17BrFNO3S. The van der Waals surface area contributed by atoms with Gasteiger partial charge < -0.3 is 5.11 Å². The third-order valence-corrected chi connectivity index (χ3v) is 4.66. The van der Waals surface area contributed by atoms with Crippen LogP contribution in [0.2, 0.25) is 0 Å². The fourth-order valence-corrected chi connectivity index (χ4v) is 3.16. The maximum absolute atomic E-state index is 13.4. The first-order valence-corrected chi connectivity index (χ1v) is 8.12. The molecule has 0 aliphatic heterocycles. The van der Waals surface area contributed by atoms with E-state index in [-0.39, 0.29) is 21.9 Å². The molecule has 0 saturated carbocycles. The lowest BCUT2D eigenvalue weighted by Gasteiger charge is -2.18. The fourth-order valence-electron chi connectivity index (χ4n) is 1.66. The number of aliphatic hydroxyl groups is 1. The van der Waals surface area contributed by atoms with Gasteiger partial charge in [0.25, 0.3) is 0 Å². The van der Waals surface area contributed by atoms with Gasteiger partial charge in [-0.15, -0.1) is 0 Å². The third-order valence-electron chi connectivity index (χ3n) is 2.50. The van der Waals surface area contributed by atoms with Crippen LogP contribution in [0.15, 0.2) is 27.6 Å². The van der Waals surface area contributed by atoms with Crippen molar-refractivity contribution in [3.8, 4) is 0 Å². The largest absolute Gasteiger partial charge is 0.395 e. The molecule has 0 fully saturated rings. The van der Waals surface area contributed by atoms with Crippen LogP contribution in [0.3, 0.4) is 0 Å². The molecule has 0 aliphatic carbocycles. The van der Waals surface area contributed by atoms with Crippen LogP contribution in [-0.2, 0) is 10.0 Å². The molecule has 0 saturated heterocycles. The van der Waals surface area contributed by atoms with Crippen molar-refractivity contribution < 1.29 is 17.9 Å². The molecule has 1 rings (SSSR count). The molecule has 0 aliphatic rings. The predicted octanol–water partition coefficient (Wildman–Crippen LogP) is 2.27. The normalized spacial score (nSPS) is 13.8. The van der Waals surface area contributed by atoms with E-state index in [1.807, 2.05) is 13.8 Å². The Bertz CT molecular complexity index is 534. The van der Waals surface area contributed by atoms with E-state index < -0.39 is 21.9 Å². The summed E-state index contributed by atoms with van der Waals surface area (Å²) in [5.41, 5.74) is 0. The van der Waals surface area contributed by atoms with Gasteiger partial charge in [0.1, 0.15) is 5.82 Å². The molecule has 0 radical (unpaired) electrons. The second-order valence-electron chi connectivity index (χ2n) is 4.71. The van der Waals surface area contributed by atoms with Gasteiger partial charge in [-0.2, -0.15) is 0 Å². The minimum Gasteiger partial charge on any atom is -0.395 e. The molecule has 7 heteroatoms. The van der Waals surface area contributed by atoms with E-state index in [2.05, 4.69) is 20.7 Å². The van der Waals surface area contributed by atoms with Crippen molar-refractivity contribution >= 4 is 26.0 Å². The summed E-state index contributed by atoms with van der Waals surface area (Å²) in [6.07, 6.45) is 0.509. The summed E-state index contributed by atoms with van der Waals surface area (Å²) in [5.74, 6) is -0.409. The second kappa shape index (κ2) is 6.78. The number of hydrogen-bond donors (Lipinski definition) is 2. The molecule has 0 heterocycles. The fraction of sp³-hybridized carbons (Fsp3) is 0.500. The minimum absolute atomic E-state index is 0.157. The summed E-state index contributed by atoms with van der Waals surface area (Å²) in [5, 5.41) is 9.18. The number of nitrogens with one attached hydrogen (secondary N) is 1. The maximum Gasteiger partial charge on any atom is 0.241 e. The van der Waals surface area contributed by atoms with Crippen LogP contribution < -0.4 is 4.72 Å². The topological polar surface area (TPSA) is 66.4 Å². The minimum atomic E-state index is -3.83. The zero-order chi connectivity index (χ0) is 14.6. The molecule has 0 aromatic heterocycles.